The van der Waals surface area contributed by atoms with Crippen LogP contribution in [-0.4, -0.2) is 24.2 Å². The van der Waals surface area contributed by atoms with Gasteiger partial charge in [0, 0.05) is 13.1 Å². The van der Waals surface area contributed by atoms with Gasteiger partial charge in [-0.1, -0.05) is 12.2 Å². The third-order valence-corrected chi connectivity index (χ3v) is 2.59. The maximum atomic E-state index is 13.0. The second-order valence-electron chi connectivity index (χ2n) is 3.67. The number of benzene rings is 1. The second-order valence-corrected chi connectivity index (χ2v) is 3.67. The van der Waals surface area contributed by atoms with Crippen molar-refractivity contribution < 1.29 is 14.3 Å². The quantitative estimate of drug-likeness (QED) is 0.779. The molecule has 1 aromatic carbocycles. The van der Waals surface area contributed by atoms with Crippen LogP contribution in [-0.2, 0) is 0 Å². The Balaban J connectivity index is 2.39. The van der Waals surface area contributed by atoms with Gasteiger partial charge in [0.15, 0.2) is 0 Å². The van der Waals surface area contributed by atoms with E-state index in [9.17, 15) is 9.18 Å². The van der Waals surface area contributed by atoms with E-state index in [1.165, 1.54) is 12.1 Å². The smallest absolute Gasteiger partial charge is 0.337 e. The number of aromatic carboxylic acids is 1. The van der Waals surface area contributed by atoms with Crippen LogP contribution in [0.15, 0.2) is 30.4 Å². The Morgan fingerprint density at radius 2 is 2.19 bits per heavy atom. The molecule has 0 unspecified atom stereocenters. The Hall–Kier alpha value is -1.84. The highest BCUT2D eigenvalue weighted by atomic mass is 19.1. The molecule has 1 aliphatic rings. The standard InChI is InChI=1S/C12H12FNO2/c13-9-4-5-11(10(8-9)12(15)16)14-6-2-1-3-7-14/h1-2,4-5,8H,3,6-7H2,(H,15,16). The summed E-state index contributed by atoms with van der Waals surface area (Å²) in [7, 11) is 0. The lowest BCUT2D eigenvalue weighted by molar-refractivity contribution is 0.0697. The number of hydrogen-bond donors (Lipinski definition) is 1. The first-order chi connectivity index (χ1) is 7.68. The Morgan fingerprint density at radius 3 is 2.81 bits per heavy atom. The number of halogens is 1. The maximum absolute atomic E-state index is 13.0. The number of nitrogens with zero attached hydrogens (tertiary/aromatic N) is 1. The fourth-order valence-electron chi connectivity index (χ4n) is 1.82. The molecule has 0 aromatic heterocycles. The summed E-state index contributed by atoms with van der Waals surface area (Å²) < 4.78 is 13.0. The Labute approximate surface area is 92.8 Å². The molecule has 0 atom stereocenters. The van der Waals surface area contributed by atoms with Gasteiger partial charge in [0.05, 0.1) is 11.3 Å². The summed E-state index contributed by atoms with van der Waals surface area (Å²) >= 11 is 0. The fraction of sp³-hybridized carbons (Fsp3) is 0.250. The molecule has 0 aliphatic carbocycles. The van der Waals surface area contributed by atoms with Gasteiger partial charge >= 0.3 is 5.97 Å². The molecule has 0 spiro atoms. The summed E-state index contributed by atoms with van der Waals surface area (Å²) in [5.41, 5.74) is 0.605. The molecular formula is C12H12FNO2. The zero-order valence-electron chi connectivity index (χ0n) is 8.69. The molecule has 0 bridgehead atoms. The van der Waals surface area contributed by atoms with Crippen molar-refractivity contribution >= 4 is 11.7 Å². The van der Waals surface area contributed by atoms with Crippen LogP contribution in [0.2, 0.25) is 0 Å². The van der Waals surface area contributed by atoms with Gasteiger partial charge in [0.2, 0.25) is 0 Å². The van der Waals surface area contributed by atoms with Crippen LogP contribution >= 0.6 is 0 Å². The first-order valence-corrected chi connectivity index (χ1v) is 5.11. The van der Waals surface area contributed by atoms with Gasteiger partial charge in [0.1, 0.15) is 5.82 Å². The molecule has 1 aromatic rings. The molecule has 3 nitrogen and oxygen atoms in total. The van der Waals surface area contributed by atoms with E-state index >= 15 is 0 Å². The molecule has 0 saturated heterocycles. The average Bonchev–Trinajstić information content (AvgIpc) is 2.30. The van der Waals surface area contributed by atoms with E-state index in [1.54, 1.807) is 0 Å². The zero-order chi connectivity index (χ0) is 11.5. The molecule has 1 heterocycles. The SMILES string of the molecule is O=C(O)c1cc(F)ccc1N1CC=CCC1. The van der Waals surface area contributed by atoms with Crippen LogP contribution in [0.3, 0.4) is 0 Å². The minimum absolute atomic E-state index is 0.0234. The van der Waals surface area contributed by atoms with Gasteiger partial charge in [-0.3, -0.25) is 0 Å². The third kappa shape index (κ3) is 2.05. The highest BCUT2D eigenvalue weighted by Crippen LogP contribution is 2.23. The highest BCUT2D eigenvalue weighted by molar-refractivity contribution is 5.94. The molecule has 0 amide bonds. The Bertz CT molecular complexity index is 443. The fourth-order valence-corrected chi connectivity index (χ4v) is 1.82. The molecule has 1 aliphatic heterocycles. The minimum atomic E-state index is -1.09. The number of carbonyl (C=O) groups is 1. The van der Waals surface area contributed by atoms with Crippen molar-refractivity contribution in [2.45, 2.75) is 6.42 Å². The number of carboxylic acids is 1. The van der Waals surface area contributed by atoms with E-state index in [0.29, 0.717) is 12.2 Å². The van der Waals surface area contributed by atoms with Crippen molar-refractivity contribution in [3.63, 3.8) is 0 Å². The van der Waals surface area contributed by atoms with Crippen LogP contribution in [0.4, 0.5) is 10.1 Å². The van der Waals surface area contributed by atoms with Crippen LogP contribution in [0.1, 0.15) is 16.8 Å². The van der Waals surface area contributed by atoms with E-state index in [-0.39, 0.29) is 5.56 Å². The Kier molecular flexibility index (Phi) is 2.90. The number of hydrogen-bond acceptors (Lipinski definition) is 2. The van der Waals surface area contributed by atoms with Gasteiger partial charge in [0.25, 0.3) is 0 Å². The number of carboxylic acid groups (broad SMARTS) is 1. The van der Waals surface area contributed by atoms with E-state index < -0.39 is 11.8 Å². The van der Waals surface area contributed by atoms with E-state index in [0.717, 1.165) is 19.0 Å². The Morgan fingerprint density at radius 1 is 1.38 bits per heavy atom. The van der Waals surface area contributed by atoms with E-state index in [4.69, 9.17) is 5.11 Å². The number of rotatable bonds is 2. The largest absolute Gasteiger partial charge is 0.478 e. The minimum Gasteiger partial charge on any atom is -0.478 e. The maximum Gasteiger partial charge on any atom is 0.337 e. The monoisotopic (exact) mass is 221 g/mol. The third-order valence-electron chi connectivity index (χ3n) is 2.59. The van der Waals surface area contributed by atoms with Gasteiger partial charge in [-0.2, -0.15) is 0 Å². The molecule has 16 heavy (non-hydrogen) atoms. The van der Waals surface area contributed by atoms with E-state index in [2.05, 4.69) is 6.08 Å². The van der Waals surface area contributed by atoms with Gasteiger partial charge < -0.3 is 10.0 Å². The normalized spacial score (nSPS) is 15.2. The predicted octanol–water partition coefficient (Wildman–Crippen LogP) is 2.29. The summed E-state index contributed by atoms with van der Waals surface area (Å²) in [6, 6.07) is 3.88. The van der Waals surface area contributed by atoms with Crippen molar-refractivity contribution in [2.75, 3.05) is 18.0 Å². The number of anilines is 1. The second kappa shape index (κ2) is 4.35. The molecule has 2 rings (SSSR count). The first-order valence-electron chi connectivity index (χ1n) is 5.11. The van der Waals surface area contributed by atoms with Crippen LogP contribution in [0, 0.1) is 5.82 Å². The van der Waals surface area contributed by atoms with E-state index in [1.807, 2.05) is 11.0 Å². The van der Waals surface area contributed by atoms with Crippen molar-refractivity contribution in [2.24, 2.45) is 0 Å². The lowest BCUT2D eigenvalue weighted by Gasteiger charge is -2.26. The summed E-state index contributed by atoms with van der Waals surface area (Å²) in [5, 5.41) is 9.01. The molecule has 0 fully saturated rings. The van der Waals surface area contributed by atoms with Crippen LogP contribution in [0.25, 0.3) is 0 Å². The molecule has 84 valence electrons. The van der Waals surface area contributed by atoms with Gasteiger partial charge in [-0.25, -0.2) is 9.18 Å². The van der Waals surface area contributed by atoms with Crippen molar-refractivity contribution in [1.82, 2.24) is 0 Å². The molecule has 0 saturated carbocycles. The average molecular weight is 221 g/mol. The van der Waals surface area contributed by atoms with Crippen molar-refractivity contribution in [3.05, 3.63) is 41.7 Å². The lowest BCUT2D eigenvalue weighted by Crippen LogP contribution is -2.28. The zero-order valence-corrected chi connectivity index (χ0v) is 8.69. The van der Waals surface area contributed by atoms with Crippen molar-refractivity contribution in [3.8, 4) is 0 Å². The van der Waals surface area contributed by atoms with Gasteiger partial charge in [-0.05, 0) is 24.6 Å². The lowest BCUT2D eigenvalue weighted by atomic mass is 10.1. The molecular weight excluding hydrogens is 209 g/mol. The molecule has 0 radical (unpaired) electrons. The predicted molar refractivity (Wildman–Crippen MR) is 59.3 cm³/mol. The molecule has 1 N–H and O–H groups in total. The van der Waals surface area contributed by atoms with Crippen LogP contribution in [0.5, 0.6) is 0 Å². The van der Waals surface area contributed by atoms with Crippen LogP contribution < -0.4 is 4.90 Å². The summed E-state index contributed by atoms with van der Waals surface area (Å²) in [6.45, 7) is 1.44. The first kappa shape index (κ1) is 10.7. The summed E-state index contributed by atoms with van der Waals surface area (Å²) in [4.78, 5) is 12.9. The highest BCUT2D eigenvalue weighted by Gasteiger charge is 2.16. The van der Waals surface area contributed by atoms with Crippen molar-refractivity contribution in [1.29, 1.82) is 0 Å². The van der Waals surface area contributed by atoms with Gasteiger partial charge in [-0.15, -0.1) is 0 Å². The molecule has 4 heteroatoms. The summed E-state index contributed by atoms with van der Waals surface area (Å²) in [6.07, 6.45) is 4.93. The topological polar surface area (TPSA) is 40.5 Å². The summed E-state index contributed by atoms with van der Waals surface area (Å²) in [5.74, 6) is -1.61.